The lowest BCUT2D eigenvalue weighted by atomic mass is 10.0. The Hall–Kier alpha value is -3.52. The zero-order valence-corrected chi connectivity index (χ0v) is 21.5. The molecule has 2 aromatic carbocycles. The van der Waals surface area contributed by atoms with E-state index in [0.29, 0.717) is 21.4 Å². The number of aryl methyl sites for hydroxylation is 5. The molecule has 1 aliphatic rings. The third-order valence-electron chi connectivity index (χ3n) is 6.28. The molecule has 0 atom stereocenters. The number of amides is 4. The van der Waals surface area contributed by atoms with Gasteiger partial charge in [-0.2, -0.15) is 5.10 Å². The van der Waals surface area contributed by atoms with Crippen molar-refractivity contribution in [1.82, 2.24) is 15.1 Å². The van der Waals surface area contributed by atoms with Crippen LogP contribution in [0.4, 0.5) is 10.5 Å². The summed E-state index contributed by atoms with van der Waals surface area (Å²) in [6.45, 7) is 11.6. The fourth-order valence-corrected chi connectivity index (χ4v) is 4.57. The number of nitrogens with one attached hydrogen (secondary N) is 1. The van der Waals surface area contributed by atoms with E-state index in [-0.39, 0.29) is 5.57 Å². The predicted molar refractivity (Wildman–Crippen MR) is 135 cm³/mol. The molecule has 0 bridgehead atoms. The first kappa shape index (κ1) is 23.6. The Morgan fingerprint density at radius 1 is 0.882 bits per heavy atom. The maximum atomic E-state index is 13.4. The molecule has 4 amide bonds. The van der Waals surface area contributed by atoms with Gasteiger partial charge in [0, 0.05) is 15.7 Å². The lowest BCUT2D eigenvalue weighted by molar-refractivity contribution is -0.122. The van der Waals surface area contributed by atoms with E-state index in [4.69, 9.17) is 0 Å². The summed E-state index contributed by atoms with van der Waals surface area (Å²) in [5.74, 6) is -1.42. The summed E-state index contributed by atoms with van der Waals surface area (Å²) in [5.41, 5.74) is 7.50. The van der Waals surface area contributed by atoms with Gasteiger partial charge >= 0.3 is 6.03 Å². The molecule has 7 nitrogen and oxygen atoms in total. The fraction of sp³-hybridized carbons (Fsp3) is 0.231. The van der Waals surface area contributed by atoms with Gasteiger partial charge in [-0.25, -0.2) is 14.4 Å². The van der Waals surface area contributed by atoms with Crippen molar-refractivity contribution in [2.45, 2.75) is 41.5 Å². The first-order chi connectivity index (χ1) is 16.0. The van der Waals surface area contributed by atoms with Gasteiger partial charge in [0.25, 0.3) is 11.8 Å². The summed E-state index contributed by atoms with van der Waals surface area (Å²) in [7, 11) is 0. The number of aromatic nitrogens is 2. The molecule has 1 N–H and O–H groups in total. The van der Waals surface area contributed by atoms with Crippen LogP contribution in [0.1, 0.15) is 39.2 Å². The number of hydrogen-bond acceptors (Lipinski definition) is 4. The smallest absolute Gasteiger partial charge is 0.273 e. The van der Waals surface area contributed by atoms with Crippen LogP contribution in [0.2, 0.25) is 0 Å². The van der Waals surface area contributed by atoms with E-state index in [9.17, 15) is 14.4 Å². The fourth-order valence-electron chi connectivity index (χ4n) is 3.93. The van der Waals surface area contributed by atoms with E-state index in [1.807, 2.05) is 65.8 Å². The number of barbiturate groups is 1. The second-order valence-electron chi connectivity index (χ2n) is 8.61. The largest absolute Gasteiger partial charge is 0.335 e. The number of halogens is 1. The third-order valence-corrected chi connectivity index (χ3v) is 6.91. The number of hydrogen-bond donors (Lipinski definition) is 1. The first-order valence-electron chi connectivity index (χ1n) is 10.8. The van der Waals surface area contributed by atoms with Crippen molar-refractivity contribution in [3.8, 4) is 5.69 Å². The number of rotatable bonds is 3. The normalized spacial score (nSPS) is 15.3. The number of nitrogens with zero attached hydrogens (tertiary/aromatic N) is 3. The van der Waals surface area contributed by atoms with Crippen molar-refractivity contribution in [2.75, 3.05) is 4.90 Å². The minimum absolute atomic E-state index is 0.129. The molecular weight excluding hydrogens is 496 g/mol. The minimum Gasteiger partial charge on any atom is -0.273 e. The van der Waals surface area contributed by atoms with Gasteiger partial charge in [-0.3, -0.25) is 14.9 Å². The SMILES string of the molecule is Cc1ccc(-n2nc(C)c(/C=C3/C(=O)NC(=O)N(c4cc(C)c(C)cc4Br)C3=O)c2C)cc1C. The van der Waals surface area contributed by atoms with Gasteiger partial charge < -0.3 is 0 Å². The highest BCUT2D eigenvalue weighted by molar-refractivity contribution is 9.10. The Kier molecular flexibility index (Phi) is 6.03. The molecule has 0 aliphatic carbocycles. The summed E-state index contributed by atoms with van der Waals surface area (Å²) in [4.78, 5) is 39.7. The average molecular weight is 521 g/mol. The average Bonchev–Trinajstić information content (AvgIpc) is 3.04. The van der Waals surface area contributed by atoms with Crippen LogP contribution < -0.4 is 10.2 Å². The maximum Gasteiger partial charge on any atom is 0.335 e. The highest BCUT2D eigenvalue weighted by Crippen LogP contribution is 2.32. The highest BCUT2D eigenvalue weighted by atomic mass is 79.9. The Morgan fingerprint density at radius 2 is 1.53 bits per heavy atom. The van der Waals surface area contributed by atoms with Crippen LogP contribution in [-0.4, -0.2) is 27.6 Å². The summed E-state index contributed by atoms with van der Waals surface area (Å²) < 4.78 is 2.38. The Labute approximate surface area is 206 Å². The molecule has 1 saturated heterocycles. The molecule has 34 heavy (non-hydrogen) atoms. The number of anilines is 1. The molecule has 0 radical (unpaired) electrons. The second kappa shape index (κ2) is 8.68. The van der Waals surface area contributed by atoms with Crippen molar-refractivity contribution in [3.63, 3.8) is 0 Å². The number of carbonyl (C=O) groups is 3. The first-order valence-corrected chi connectivity index (χ1v) is 11.6. The molecule has 3 aromatic rings. The van der Waals surface area contributed by atoms with Gasteiger partial charge in [-0.15, -0.1) is 0 Å². The van der Waals surface area contributed by atoms with Crippen molar-refractivity contribution in [2.24, 2.45) is 0 Å². The van der Waals surface area contributed by atoms with Crippen molar-refractivity contribution in [1.29, 1.82) is 0 Å². The van der Waals surface area contributed by atoms with Crippen molar-refractivity contribution < 1.29 is 14.4 Å². The molecule has 4 rings (SSSR count). The number of benzene rings is 2. The summed E-state index contributed by atoms with van der Waals surface area (Å²) in [6, 6.07) is 8.86. The van der Waals surface area contributed by atoms with Crippen molar-refractivity contribution in [3.05, 3.63) is 79.6 Å². The van der Waals surface area contributed by atoms with Gasteiger partial charge in [-0.05, 0) is 110 Å². The topological polar surface area (TPSA) is 84.3 Å². The van der Waals surface area contributed by atoms with Crippen molar-refractivity contribution >= 4 is 45.5 Å². The van der Waals surface area contributed by atoms with E-state index in [2.05, 4.69) is 26.3 Å². The van der Waals surface area contributed by atoms with Crippen LogP contribution in [0.25, 0.3) is 11.8 Å². The number of imide groups is 2. The van der Waals surface area contributed by atoms with Crippen LogP contribution in [-0.2, 0) is 9.59 Å². The Balaban J connectivity index is 1.80. The minimum atomic E-state index is -0.782. The molecule has 1 aromatic heterocycles. The van der Waals surface area contributed by atoms with Gasteiger partial charge in [0.1, 0.15) is 5.57 Å². The van der Waals surface area contributed by atoms with E-state index in [1.54, 1.807) is 10.7 Å². The van der Waals surface area contributed by atoms with Gasteiger partial charge in [0.15, 0.2) is 0 Å². The zero-order valence-electron chi connectivity index (χ0n) is 19.9. The van der Waals surface area contributed by atoms with E-state index < -0.39 is 17.8 Å². The second-order valence-corrected chi connectivity index (χ2v) is 9.46. The molecule has 174 valence electrons. The van der Waals surface area contributed by atoms with Crippen LogP contribution in [0, 0.1) is 41.5 Å². The number of carbonyl (C=O) groups excluding carboxylic acids is 3. The van der Waals surface area contributed by atoms with Crippen LogP contribution in [0.3, 0.4) is 0 Å². The standard InChI is InChI=1S/C26H25BrN4O3/c1-13-7-8-19(9-14(13)2)31-18(6)20(17(5)29-31)12-21-24(32)28-26(34)30(25(21)33)23-11-16(4)15(3)10-22(23)27/h7-12H,1-6H3,(H,28,32,34)/b21-12-. The molecular formula is C26H25BrN4O3. The molecule has 0 spiro atoms. The monoisotopic (exact) mass is 520 g/mol. The molecule has 0 unspecified atom stereocenters. The van der Waals surface area contributed by atoms with E-state index in [1.165, 1.54) is 11.6 Å². The molecule has 1 fully saturated rings. The lowest BCUT2D eigenvalue weighted by Crippen LogP contribution is -2.54. The van der Waals surface area contributed by atoms with Gasteiger partial charge in [-0.1, -0.05) is 6.07 Å². The van der Waals surface area contributed by atoms with Gasteiger partial charge in [0.05, 0.1) is 17.1 Å². The predicted octanol–water partition coefficient (Wildman–Crippen LogP) is 5.15. The quantitative estimate of drug-likeness (QED) is 0.382. The van der Waals surface area contributed by atoms with Crippen LogP contribution in [0.15, 0.2) is 40.4 Å². The Bertz CT molecular complexity index is 1420. The molecule has 8 heteroatoms. The molecule has 0 saturated carbocycles. The maximum absolute atomic E-state index is 13.4. The third kappa shape index (κ3) is 3.98. The number of urea groups is 1. The van der Waals surface area contributed by atoms with E-state index in [0.717, 1.165) is 33.0 Å². The Morgan fingerprint density at radius 3 is 2.21 bits per heavy atom. The summed E-state index contributed by atoms with van der Waals surface area (Å²) in [6.07, 6.45) is 1.52. The highest BCUT2D eigenvalue weighted by Gasteiger charge is 2.38. The summed E-state index contributed by atoms with van der Waals surface area (Å²) >= 11 is 3.45. The zero-order chi connectivity index (χ0) is 24.9. The summed E-state index contributed by atoms with van der Waals surface area (Å²) in [5, 5.41) is 6.93. The van der Waals surface area contributed by atoms with E-state index >= 15 is 0 Å². The molecule has 2 heterocycles. The van der Waals surface area contributed by atoms with Gasteiger partial charge in [0.2, 0.25) is 0 Å². The van der Waals surface area contributed by atoms with Crippen LogP contribution in [0.5, 0.6) is 0 Å². The van der Waals surface area contributed by atoms with Crippen LogP contribution >= 0.6 is 15.9 Å². The lowest BCUT2D eigenvalue weighted by Gasteiger charge is -2.27. The molecule has 1 aliphatic heterocycles.